The maximum absolute atomic E-state index is 12.7. The van der Waals surface area contributed by atoms with E-state index >= 15 is 0 Å². The van der Waals surface area contributed by atoms with Crippen LogP contribution in [0.2, 0.25) is 0 Å². The number of aromatic nitrogens is 1. The van der Waals surface area contributed by atoms with E-state index in [0.29, 0.717) is 24.3 Å². The van der Waals surface area contributed by atoms with Crippen LogP contribution in [0.1, 0.15) is 21.6 Å². The second-order valence-electron chi connectivity index (χ2n) is 8.41. The van der Waals surface area contributed by atoms with Gasteiger partial charge in [-0.2, -0.15) is 0 Å². The van der Waals surface area contributed by atoms with Gasteiger partial charge in [0.1, 0.15) is 5.75 Å². The number of ether oxygens (including phenoxy) is 1. The minimum absolute atomic E-state index is 0.0521. The first kappa shape index (κ1) is 24.0. The van der Waals surface area contributed by atoms with Gasteiger partial charge in [-0.1, -0.05) is 18.2 Å². The number of amides is 3. The first-order valence-corrected chi connectivity index (χ1v) is 11.2. The Morgan fingerprint density at radius 1 is 1.11 bits per heavy atom. The number of hydrogen-bond acceptors (Lipinski definition) is 6. The van der Waals surface area contributed by atoms with E-state index < -0.39 is 29.9 Å². The summed E-state index contributed by atoms with van der Waals surface area (Å²) >= 11 is 0. The molecule has 0 saturated carbocycles. The fraction of sp³-hybridized carbons (Fsp3) is 0.280. The Balaban J connectivity index is 1.35. The predicted molar refractivity (Wildman–Crippen MR) is 126 cm³/mol. The summed E-state index contributed by atoms with van der Waals surface area (Å²) < 4.78 is 5.87. The van der Waals surface area contributed by atoms with Crippen molar-refractivity contribution in [1.29, 1.82) is 0 Å². The van der Waals surface area contributed by atoms with Crippen LogP contribution in [0, 0.1) is 12.8 Å². The molecular formula is C25H26N4O6. The van der Waals surface area contributed by atoms with Crippen LogP contribution in [0.5, 0.6) is 5.75 Å². The molecule has 2 atom stereocenters. The van der Waals surface area contributed by atoms with Crippen molar-refractivity contribution in [3.05, 3.63) is 71.4 Å². The number of carboxylic acid groups (broad SMARTS) is 1. The number of aryl methyl sites for hydroxylation is 1. The summed E-state index contributed by atoms with van der Waals surface area (Å²) in [5, 5.41) is 21.9. The van der Waals surface area contributed by atoms with Crippen LogP contribution in [0.15, 0.2) is 54.6 Å². The van der Waals surface area contributed by atoms with Gasteiger partial charge in [0.25, 0.3) is 5.91 Å². The number of rotatable bonds is 7. The summed E-state index contributed by atoms with van der Waals surface area (Å²) in [6.45, 7) is 2.24. The first-order chi connectivity index (χ1) is 16.9. The minimum atomic E-state index is -1.20. The first-order valence-electron chi connectivity index (χ1n) is 11.2. The van der Waals surface area contributed by atoms with Gasteiger partial charge >= 0.3 is 6.09 Å². The van der Waals surface area contributed by atoms with Gasteiger partial charge in [-0.15, -0.1) is 0 Å². The van der Waals surface area contributed by atoms with E-state index in [0.717, 1.165) is 27.1 Å². The molecule has 35 heavy (non-hydrogen) atoms. The monoisotopic (exact) mass is 478 g/mol. The Kier molecular flexibility index (Phi) is 7.11. The summed E-state index contributed by atoms with van der Waals surface area (Å²) in [4.78, 5) is 41.4. The number of carbonyl (C=O) groups excluding carboxylic acids is 2. The van der Waals surface area contributed by atoms with Gasteiger partial charge in [0.05, 0.1) is 24.1 Å². The molecule has 2 aromatic carbocycles. The van der Waals surface area contributed by atoms with E-state index in [4.69, 9.17) is 9.94 Å². The molecule has 0 spiro atoms. The normalized spacial score (nSPS) is 17.3. The van der Waals surface area contributed by atoms with Gasteiger partial charge in [-0.25, -0.2) is 10.3 Å². The lowest BCUT2D eigenvalue weighted by Crippen LogP contribution is -2.45. The van der Waals surface area contributed by atoms with Gasteiger partial charge < -0.3 is 20.1 Å². The number of hydrogen-bond donors (Lipinski definition) is 4. The number of hydroxylamine groups is 1. The third-order valence-electron chi connectivity index (χ3n) is 6.04. The SMILES string of the molecule is Cc1cc(CCOc2ccc(C(=O)N[C@@H]3CN(C(=O)O)CC3C(=O)NO)cc2)c2ccccc2n1. The van der Waals surface area contributed by atoms with Crippen molar-refractivity contribution in [1.82, 2.24) is 20.7 Å². The van der Waals surface area contributed by atoms with Crippen molar-refractivity contribution < 1.29 is 29.4 Å². The summed E-state index contributed by atoms with van der Waals surface area (Å²) in [7, 11) is 0. The molecule has 10 nitrogen and oxygen atoms in total. The van der Waals surface area contributed by atoms with Crippen LogP contribution in [0.4, 0.5) is 4.79 Å². The van der Waals surface area contributed by atoms with Gasteiger partial charge in [-0.3, -0.25) is 19.8 Å². The molecule has 182 valence electrons. The highest BCUT2D eigenvalue weighted by Crippen LogP contribution is 2.21. The number of pyridine rings is 1. The second-order valence-corrected chi connectivity index (χ2v) is 8.41. The molecule has 4 N–H and O–H groups in total. The maximum Gasteiger partial charge on any atom is 0.407 e. The lowest BCUT2D eigenvalue weighted by atomic mass is 10.0. The summed E-state index contributed by atoms with van der Waals surface area (Å²) in [5.41, 5.74) is 4.91. The van der Waals surface area contributed by atoms with Gasteiger partial charge in [-0.05, 0) is 48.9 Å². The smallest absolute Gasteiger partial charge is 0.407 e. The predicted octanol–water partition coefficient (Wildman–Crippen LogP) is 2.38. The zero-order valence-electron chi connectivity index (χ0n) is 19.1. The maximum atomic E-state index is 12.7. The van der Waals surface area contributed by atoms with E-state index in [1.54, 1.807) is 24.3 Å². The quantitative estimate of drug-likeness (QED) is 0.302. The zero-order valence-corrected chi connectivity index (χ0v) is 19.1. The Morgan fingerprint density at radius 3 is 2.57 bits per heavy atom. The lowest BCUT2D eigenvalue weighted by Gasteiger charge is -2.18. The molecule has 0 radical (unpaired) electrons. The Hall–Kier alpha value is -4.18. The molecule has 2 heterocycles. The lowest BCUT2D eigenvalue weighted by molar-refractivity contribution is -0.133. The van der Waals surface area contributed by atoms with E-state index in [-0.39, 0.29) is 13.1 Å². The number of fused-ring (bicyclic) bond motifs is 1. The van der Waals surface area contributed by atoms with Crippen molar-refractivity contribution in [2.45, 2.75) is 19.4 Å². The minimum Gasteiger partial charge on any atom is -0.493 e. The van der Waals surface area contributed by atoms with E-state index in [1.807, 2.05) is 31.2 Å². The molecule has 1 fully saturated rings. The van der Waals surface area contributed by atoms with Gasteiger partial charge in [0, 0.05) is 36.2 Å². The number of likely N-dealkylation sites (tertiary alicyclic amines) is 1. The van der Waals surface area contributed by atoms with Crippen molar-refractivity contribution in [2.24, 2.45) is 5.92 Å². The molecule has 1 saturated heterocycles. The zero-order chi connectivity index (χ0) is 24.9. The molecule has 10 heteroatoms. The summed E-state index contributed by atoms with van der Waals surface area (Å²) in [6.07, 6.45) is -0.503. The highest BCUT2D eigenvalue weighted by molar-refractivity contribution is 5.95. The van der Waals surface area contributed by atoms with Crippen molar-refractivity contribution in [3.8, 4) is 5.75 Å². The number of benzene rings is 2. The molecule has 4 rings (SSSR count). The van der Waals surface area contributed by atoms with Gasteiger partial charge in [0.2, 0.25) is 5.91 Å². The van der Waals surface area contributed by atoms with Crippen molar-refractivity contribution >= 4 is 28.8 Å². The Morgan fingerprint density at radius 2 is 1.86 bits per heavy atom. The van der Waals surface area contributed by atoms with Crippen LogP contribution >= 0.6 is 0 Å². The molecule has 0 aliphatic carbocycles. The molecule has 3 amide bonds. The standard InChI is InChI=1S/C25H26N4O6/c1-15-12-17(19-4-2-3-5-21(19)26-15)10-11-35-18-8-6-16(7-9-18)23(30)27-22-14-29(25(32)33)13-20(22)24(31)28-34/h2-9,12,20,22,34H,10-11,13-14H2,1H3,(H,27,30)(H,28,31)(H,32,33)/t20?,22-/m1/s1. The average molecular weight is 479 g/mol. The van der Waals surface area contributed by atoms with Crippen molar-refractivity contribution in [2.75, 3.05) is 19.7 Å². The number of carbonyl (C=O) groups is 3. The number of nitrogens with zero attached hydrogens (tertiary/aromatic N) is 2. The summed E-state index contributed by atoms with van der Waals surface area (Å²) in [5.74, 6) is -1.49. The topological polar surface area (TPSA) is 141 Å². The van der Waals surface area contributed by atoms with Crippen LogP contribution in [0.3, 0.4) is 0 Å². The highest BCUT2D eigenvalue weighted by atomic mass is 16.5. The fourth-order valence-electron chi connectivity index (χ4n) is 4.29. The Labute approximate surface area is 201 Å². The van der Waals surface area contributed by atoms with E-state index in [2.05, 4.69) is 16.4 Å². The second kappa shape index (κ2) is 10.4. The molecule has 0 bridgehead atoms. The van der Waals surface area contributed by atoms with E-state index in [1.165, 1.54) is 5.48 Å². The van der Waals surface area contributed by atoms with Crippen molar-refractivity contribution in [3.63, 3.8) is 0 Å². The van der Waals surface area contributed by atoms with E-state index in [9.17, 15) is 19.5 Å². The van der Waals surface area contributed by atoms with Crippen LogP contribution < -0.4 is 15.5 Å². The molecule has 1 unspecified atom stereocenters. The van der Waals surface area contributed by atoms with Crippen LogP contribution in [0.25, 0.3) is 10.9 Å². The fourth-order valence-corrected chi connectivity index (χ4v) is 4.29. The molecule has 3 aromatic rings. The molecular weight excluding hydrogens is 452 g/mol. The highest BCUT2D eigenvalue weighted by Gasteiger charge is 2.40. The van der Waals surface area contributed by atoms with Crippen LogP contribution in [-0.2, 0) is 11.2 Å². The number of para-hydroxylation sites is 1. The summed E-state index contributed by atoms with van der Waals surface area (Å²) in [6, 6.07) is 15.8. The third kappa shape index (κ3) is 5.49. The molecule has 1 aromatic heterocycles. The average Bonchev–Trinajstić information content (AvgIpc) is 3.28. The van der Waals surface area contributed by atoms with Crippen LogP contribution in [-0.4, -0.2) is 63.8 Å². The van der Waals surface area contributed by atoms with Gasteiger partial charge in [0.15, 0.2) is 0 Å². The molecule has 1 aliphatic heterocycles. The number of nitrogens with one attached hydrogen (secondary N) is 2. The molecule has 1 aliphatic rings. The third-order valence-corrected chi connectivity index (χ3v) is 6.04. The largest absolute Gasteiger partial charge is 0.493 e. The Bertz CT molecular complexity index is 1250.